The molecule has 1 aliphatic carbocycles. The molecule has 1 aromatic heterocycles. The molecule has 0 amide bonds. The molecule has 1 saturated carbocycles. The summed E-state index contributed by atoms with van der Waals surface area (Å²) in [5, 5.41) is 7.27. The number of rotatable bonds is 10. The van der Waals surface area contributed by atoms with Crippen LogP contribution in [0.15, 0.2) is 18.2 Å². The van der Waals surface area contributed by atoms with Gasteiger partial charge < -0.3 is 26.0 Å². The summed E-state index contributed by atoms with van der Waals surface area (Å²) in [5.74, 6) is 2.35. The number of nitrogens with zero attached hydrogens (tertiary/aromatic N) is 4. The van der Waals surface area contributed by atoms with Crippen molar-refractivity contribution in [2.45, 2.75) is 96.2 Å². The SMILES string of the molecule is CCCOc1ccc(N(c2nc(N)nc(NC3CCCCCC3)n2)C(CC)C2CCCN2)cc1I. The molecule has 0 spiro atoms. The Morgan fingerprint density at radius 2 is 1.91 bits per heavy atom. The summed E-state index contributed by atoms with van der Waals surface area (Å²) in [7, 11) is 0. The Labute approximate surface area is 223 Å². The lowest BCUT2D eigenvalue weighted by atomic mass is 10.0. The first-order chi connectivity index (χ1) is 17.1. The second kappa shape index (κ2) is 12.9. The van der Waals surface area contributed by atoms with Crippen molar-refractivity contribution >= 4 is 46.1 Å². The van der Waals surface area contributed by atoms with E-state index in [0.717, 1.165) is 53.7 Å². The maximum absolute atomic E-state index is 6.25. The predicted octanol–water partition coefficient (Wildman–Crippen LogP) is 5.65. The van der Waals surface area contributed by atoms with E-state index in [0.29, 0.717) is 30.6 Å². The molecule has 4 rings (SSSR count). The summed E-state index contributed by atoms with van der Waals surface area (Å²) in [6.45, 7) is 6.11. The summed E-state index contributed by atoms with van der Waals surface area (Å²) in [5.41, 5.74) is 7.30. The van der Waals surface area contributed by atoms with Gasteiger partial charge in [-0.2, -0.15) is 15.0 Å². The van der Waals surface area contributed by atoms with Crippen molar-refractivity contribution in [2.75, 3.05) is 29.1 Å². The van der Waals surface area contributed by atoms with Gasteiger partial charge in [-0.3, -0.25) is 0 Å². The molecular formula is C26H40IN7O. The molecule has 0 radical (unpaired) electrons. The third-order valence-electron chi connectivity index (χ3n) is 7.01. The van der Waals surface area contributed by atoms with Gasteiger partial charge >= 0.3 is 0 Å². The van der Waals surface area contributed by atoms with Gasteiger partial charge in [-0.25, -0.2) is 0 Å². The number of hydrogen-bond acceptors (Lipinski definition) is 8. The summed E-state index contributed by atoms with van der Waals surface area (Å²) < 4.78 is 7.01. The Bertz CT molecular complexity index is 945. The zero-order valence-electron chi connectivity index (χ0n) is 21.1. The van der Waals surface area contributed by atoms with Crippen LogP contribution in [0, 0.1) is 3.57 Å². The fourth-order valence-corrected chi connectivity index (χ4v) is 5.92. The van der Waals surface area contributed by atoms with Crippen LogP contribution in [-0.2, 0) is 0 Å². The smallest absolute Gasteiger partial charge is 0.236 e. The average Bonchev–Trinajstić information content (AvgIpc) is 3.25. The van der Waals surface area contributed by atoms with E-state index < -0.39 is 0 Å². The molecule has 2 aliphatic rings. The van der Waals surface area contributed by atoms with Crippen molar-refractivity contribution in [3.63, 3.8) is 0 Å². The Morgan fingerprint density at radius 1 is 1.11 bits per heavy atom. The van der Waals surface area contributed by atoms with Crippen molar-refractivity contribution < 1.29 is 4.74 Å². The first kappa shape index (κ1) is 26.2. The van der Waals surface area contributed by atoms with Gasteiger partial charge in [0.15, 0.2) is 0 Å². The number of hydrogen-bond donors (Lipinski definition) is 3. The number of ether oxygens (including phenoxy) is 1. The van der Waals surface area contributed by atoms with E-state index in [4.69, 9.17) is 15.5 Å². The minimum Gasteiger partial charge on any atom is -0.492 e. The molecule has 1 aliphatic heterocycles. The van der Waals surface area contributed by atoms with Gasteiger partial charge in [0.25, 0.3) is 0 Å². The number of benzene rings is 1. The van der Waals surface area contributed by atoms with Gasteiger partial charge in [0.1, 0.15) is 5.75 Å². The zero-order chi connectivity index (χ0) is 24.6. The second-order valence-electron chi connectivity index (χ2n) is 9.66. The highest BCUT2D eigenvalue weighted by Crippen LogP contribution is 2.34. The summed E-state index contributed by atoms with van der Waals surface area (Å²) in [6, 6.07) is 7.29. The van der Waals surface area contributed by atoms with Gasteiger partial charge in [-0.1, -0.05) is 39.5 Å². The number of nitrogens with two attached hydrogens (primary N) is 1. The van der Waals surface area contributed by atoms with Crippen LogP contribution in [0.3, 0.4) is 0 Å². The average molecular weight is 594 g/mol. The normalized spacial score (nSPS) is 19.8. The monoisotopic (exact) mass is 593 g/mol. The van der Waals surface area contributed by atoms with Gasteiger partial charge in [-0.05, 0) is 85.9 Å². The highest BCUT2D eigenvalue weighted by molar-refractivity contribution is 14.1. The predicted molar refractivity (Wildman–Crippen MR) is 152 cm³/mol. The van der Waals surface area contributed by atoms with Crippen molar-refractivity contribution in [2.24, 2.45) is 0 Å². The summed E-state index contributed by atoms with van der Waals surface area (Å²) in [4.78, 5) is 16.3. The Morgan fingerprint density at radius 3 is 2.57 bits per heavy atom. The van der Waals surface area contributed by atoms with Crippen molar-refractivity contribution in [1.82, 2.24) is 20.3 Å². The molecule has 2 atom stereocenters. The van der Waals surface area contributed by atoms with Crippen LogP contribution in [0.25, 0.3) is 0 Å². The highest BCUT2D eigenvalue weighted by atomic mass is 127. The highest BCUT2D eigenvalue weighted by Gasteiger charge is 2.32. The molecule has 0 bridgehead atoms. The summed E-state index contributed by atoms with van der Waals surface area (Å²) in [6.07, 6.45) is 11.6. The van der Waals surface area contributed by atoms with Crippen LogP contribution in [0.1, 0.15) is 78.1 Å². The lowest BCUT2D eigenvalue weighted by molar-refractivity contribution is 0.315. The van der Waals surface area contributed by atoms with Crippen molar-refractivity contribution in [3.05, 3.63) is 21.8 Å². The minimum absolute atomic E-state index is 0.197. The van der Waals surface area contributed by atoms with E-state index in [1.165, 1.54) is 32.1 Å². The van der Waals surface area contributed by atoms with E-state index in [9.17, 15) is 0 Å². The summed E-state index contributed by atoms with van der Waals surface area (Å²) >= 11 is 2.36. The quantitative estimate of drug-likeness (QED) is 0.240. The van der Waals surface area contributed by atoms with Gasteiger partial charge in [0.2, 0.25) is 17.8 Å². The Kier molecular flexibility index (Phi) is 9.65. The third kappa shape index (κ3) is 6.87. The number of nitrogens with one attached hydrogen (secondary N) is 2. The first-order valence-corrected chi connectivity index (χ1v) is 14.4. The van der Waals surface area contributed by atoms with Gasteiger partial charge in [0.05, 0.1) is 16.2 Å². The number of nitrogen functional groups attached to an aromatic ring is 1. The fraction of sp³-hybridized carbons (Fsp3) is 0.654. The van der Waals surface area contributed by atoms with E-state index in [-0.39, 0.29) is 12.0 Å². The lowest BCUT2D eigenvalue weighted by Gasteiger charge is -2.35. The van der Waals surface area contributed by atoms with Crippen LogP contribution in [0.2, 0.25) is 0 Å². The van der Waals surface area contributed by atoms with Crippen LogP contribution in [0.5, 0.6) is 5.75 Å². The molecule has 2 aromatic rings. The zero-order valence-corrected chi connectivity index (χ0v) is 23.3. The second-order valence-corrected chi connectivity index (χ2v) is 10.8. The topological polar surface area (TPSA) is 101 Å². The molecule has 192 valence electrons. The molecule has 2 heterocycles. The Hall–Kier alpha value is -1.88. The molecule has 9 heteroatoms. The number of anilines is 4. The molecule has 4 N–H and O–H groups in total. The van der Waals surface area contributed by atoms with Gasteiger partial charge in [0, 0.05) is 17.8 Å². The standard InChI is InChI=1S/C26H40IN7O/c1-3-16-35-23-14-13-19(17-20(23)27)34(22(4-2)21-12-9-15-29-21)26-32-24(28)31-25(33-26)30-18-10-7-5-6-8-11-18/h13-14,17-18,21-22,29H,3-12,15-16H2,1-2H3,(H3,28,30,31,32,33). The van der Waals surface area contributed by atoms with E-state index >= 15 is 0 Å². The minimum atomic E-state index is 0.197. The molecule has 1 saturated heterocycles. The van der Waals surface area contributed by atoms with E-state index in [1.54, 1.807) is 0 Å². The molecule has 35 heavy (non-hydrogen) atoms. The van der Waals surface area contributed by atoms with Gasteiger partial charge in [-0.15, -0.1) is 0 Å². The Balaban J connectivity index is 1.69. The fourth-order valence-electron chi connectivity index (χ4n) is 5.27. The molecular weight excluding hydrogens is 553 g/mol. The van der Waals surface area contributed by atoms with E-state index in [1.807, 2.05) is 0 Å². The molecule has 1 aromatic carbocycles. The maximum atomic E-state index is 6.25. The van der Waals surface area contributed by atoms with Crippen LogP contribution in [0.4, 0.5) is 23.5 Å². The third-order valence-corrected chi connectivity index (χ3v) is 7.86. The first-order valence-electron chi connectivity index (χ1n) is 13.3. The van der Waals surface area contributed by atoms with Crippen molar-refractivity contribution in [3.8, 4) is 5.75 Å². The van der Waals surface area contributed by atoms with Crippen LogP contribution < -0.4 is 26.0 Å². The number of aromatic nitrogens is 3. The maximum Gasteiger partial charge on any atom is 0.236 e. The lowest BCUT2D eigenvalue weighted by Crippen LogP contribution is -2.46. The molecule has 2 unspecified atom stereocenters. The van der Waals surface area contributed by atoms with Crippen LogP contribution >= 0.6 is 22.6 Å². The molecule has 2 fully saturated rings. The molecule has 8 nitrogen and oxygen atoms in total. The largest absolute Gasteiger partial charge is 0.492 e. The number of halogens is 1. The van der Waals surface area contributed by atoms with E-state index in [2.05, 4.69) is 80.1 Å². The van der Waals surface area contributed by atoms with Crippen molar-refractivity contribution in [1.29, 1.82) is 0 Å². The van der Waals surface area contributed by atoms with Crippen LogP contribution in [-0.4, -0.2) is 46.2 Å².